The van der Waals surface area contributed by atoms with Gasteiger partial charge in [0, 0.05) is 24.7 Å². The van der Waals surface area contributed by atoms with Crippen LogP contribution < -0.4 is 20.7 Å². The average molecular weight is 333 g/mol. The zero-order valence-electron chi connectivity index (χ0n) is 14.4. The van der Waals surface area contributed by atoms with Crippen molar-refractivity contribution < 1.29 is 14.3 Å². The summed E-state index contributed by atoms with van der Waals surface area (Å²) >= 11 is 0. The minimum Gasteiger partial charge on any atom is -0.497 e. The largest absolute Gasteiger partial charge is 0.497 e. The van der Waals surface area contributed by atoms with Gasteiger partial charge in [-0.1, -0.05) is 19.8 Å². The molecule has 0 radical (unpaired) electrons. The number of hydrogen-bond donors (Lipinski definition) is 3. The molecule has 2 atom stereocenters. The van der Waals surface area contributed by atoms with E-state index in [1.165, 1.54) is 19.3 Å². The maximum Gasteiger partial charge on any atom is 0.319 e. The first kappa shape index (κ1) is 18.1. The molecule has 0 aromatic heterocycles. The first-order valence-electron chi connectivity index (χ1n) is 8.56. The van der Waals surface area contributed by atoms with Gasteiger partial charge in [0.15, 0.2) is 0 Å². The van der Waals surface area contributed by atoms with Gasteiger partial charge in [-0.3, -0.25) is 4.79 Å². The van der Waals surface area contributed by atoms with Crippen molar-refractivity contribution in [2.24, 2.45) is 5.92 Å². The monoisotopic (exact) mass is 333 g/mol. The molecule has 0 bridgehead atoms. The number of ether oxygens (including phenoxy) is 1. The van der Waals surface area contributed by atoms with Crippen molar-refractivity contribution in [2.45, 2.75) is 45.1 Å². The lowest BCUT2D eigenvalue weighted by molar-refractivity contribution is -0.122. The van der Waals surface area contributed by atoms with Gasteiger partial charge >= 0.3 is 6.03 Å². The Morgan fingerprint density at radius 3 is 2.54 bits per heavy atom. The molecule has 2 rings (SSSR count). The van der Waals surface area contributed by atoms with Crippen LogP contribution in [0, 0.1) is 5.92 Å². The molecule has 24 heavy (non-hydrogen) atoms. The SMILES string of the molecule is COc1ccc(NC(=O)NCCC(=O)NC2CCCCC2C)cc1. The molecule has 0 heterocycles. The standard InChI is InChI=1S/C18H27N3O3/c1-13-5-3-4-6-16(13)21-17(22)11-12-19-18(23)20-14-7-9-15(24-2)10-8-14/h7-10,13,16H,3-6,11-12H2,1-2H3,(H,21,22)(H2,19,20,23). The van der Waals surface area contributed by atoms with Crippen LogP contribution in [0.1, 0.15) is 39.0 Å². The van der Waals surface area contributed by atoms with E-state index < -0.39 is 0 Å². The van der Waals surface area contributed by atoms with E-state index in [1.807, 2.05) is 0 Å². The molecule has 0 saturated heterocycles. The number of rotatable bonds is 6. The second-order valence-electron chi connectivity index (χ2n) is 6.30. The van der Waals surface area contributed by atoms with Crippen LogP contribution in [-0.4, -0.2) is 31.6 Å². The van der Waals surface area contributed by atoms with Gasteiger partial charge in [-0.25, -0.2) is 4.79 Å². The minimum absolute atomic E-state index is 0.00139. The van der Waals surface area contributed by atoms with Crippen molar-refractivity contribution in [1.82, 2.24) is 10.6 Å². The van der Waals surface area contributed by atoms with Crippen LogP contribution in [0.4, 0.5) is 10.5 Å². The van der Waals surface area contributed by atoms with Gasteiger partial charge in [0.25, 0.3) is 0 Å². The molecule has 1 aliphatic rings. The fourth-order valence-electron chi connectivity index (χ4n) is 2.95. The quantitative estimate of drug-likeness (QED) is 0.749. The number of hydrogen-bond acceptors (Lipinski definition) is 3. The Morgan fingerprint density at radius 1 is 1.17 bits per heavy atom. The van der Waals surface area contributed by atoms with E-state index in [0.717, 1.165) is 12.2 Å². The molecule has 1 aromatic rings. The van der Waals surface area contributed by atoms with Crippen LogP contribution in [-0.2, 0) is 4.79 Å². The molecule has 3 amide bonds. The van der Waals surface area contributed by atoms with Gasteiger partial charge in [-0.15, -0.1) is 0 Å². The van der Waals surface area contributed by atoms with Gasteiger partial charge in [0.2, 0.25) is 5.91 Å². The van der Waals surface area contributed by atoms with Crippen molar-refractivity contribution in [1.29, 1.82) is 0 Å². The Hall–Kier alpha value is -2.24. The average Bonchev–Trinajstić information content (AvgIpc) is 2.57. The van der Waals surface area contributed by atoms with Gasteiger partial charge in [0.1, 0.15) is 5.75 Å². The highest BCUT2D eigenvalue weighted by molar-refractivity contribution is 5.89. The predicted octanol–water partition coefficient (Wildman–Crippen LogP) is 2.90. The molecule has 3 N–H and O–H groups in total. The van der Waals surface area contributed by atoms with Crippen LogP contribution in [0.2, 0.25) is 0 Å². The van der Waals surface area contributed by atoms with E-state index in [0.29, 0.717) is 24.6 Å². The van der Waals surface area contributed by atoms with E-state index in [9.17, 15) is 9.59 Å². The molecule has 1 aliphatic carbocycles. The number of nitrogens with one attached hydrogen (secondary N) is 3. The van der Waals surface area contributed by atoms with Crippen LogP contribution in [0.3, 0.4) is 0 Å². The summed E-state index contributed by atoms with van der Waals surface area (Å²) in [5.41, 5.74) is 0.675. The minimum atomic E-state index is -0.320. The highest BCUT2D eigenvalue weighted by Gasteiger charge is 2.22. The van der Waals surface area contributed by atoms with E-state index in [-0.39, 0.29) is 18.0 Å². The topological polar surface area (TPSA) is 79.5 Å². The molecular weight excluding hydrogens is 306 g/mol. The highest BCUT2D eigenvalue weighted by atomic mass is 16.5. The fourth-order valence-corrected chi connectivity index (χ4v) is 2.95. The summed E-state index contributed by atoms with van der Waals surface area (Å²) in [6.45, 7) is 2.50. The molecular formula is C18H27N3O3. The normalized spacial score (nSPS) is 20.1. The van der Waals surface area contributed by atoms with Gasteiger partial charge in [-0.05, 0) is 43.0 Å². The van der Waals surface area contributed by atoms with E-state index >= 15 is 0 Å². The third-order valence-electron chi connectivity index (χ3n) is 4.44. The summed E-state index contributed by atoms with van der Waals surface area (Å²) in [5.74, 6) is 1.27. The second kappa shape index (κ2) is 9.15. The van der Waals surface area contributed by atoms with E-state index in [4.69, 9.17) is 4.74 Å². The first-order chi connectivity index (χ1) is 11.6. The maximum atomic E-state index is 12.0. The Labute approximate surface area is 143 Å². The second-order valence-corrected chi connectivity index (χ2v) is 6.30. The number of benzene rings is 1. The summed E-state index contributed by atoms with van der Waals surface area (Å²) in [7, 11) is 1.59. The molecule has 1 aromatic carbocycles. The van der Waals surface area contributed by atoms with Crippen molar-refractivity contribution in [2.75, 3.05) is 19.0 Å². The van der Waals surface area contributed by atoms with E-state index in [1.54, 1.807) is 31.4 Å². The molecule has 6 nitrogen and oxygen atoms in total. The lowest BCUT2D eigenvalue weighted by Gasteiger charge is -2.29. The number of anilines is 1. The van der Waals surface area contributed by atoms with Crippen molar-refractivity contribution in [3.63, 3.8) is 0 Å². The number of carbonyl (C=O) groups is 2. The predicted molar refractivity (Wildman–Crippen MR) is 94.2 cm³/mol. The third kappa shape index (κ3) is 5.76. The first-order valence-corrected chi connectivity index (χ1v) is 8.56. The number of carbonyl (C=O) groups excluding carboxylic acids is 2. The van der Waals surface area contributed by atoms with Crippen LogP contribution in [0.25, 0.3) is 0 Å². The lowest BCUT2D eigenvalue weighted by Crippen LogP contribution is -2.42. The molecule has 6 heteroatoms. The molecule has 2 unspecified atom stereocenters. The van der Waals surface area contributed by atoms with Crippen molar-refractivity contribution in [3.8, 4) is 5.75 Å². The Bertz CT molecular complexity index is 545. The summed E-state index contributed by atoms with van der Waals surface area (Å²) < 4.78 is 5.06. The fraction of sp³-hybridized carbons (Fsp3) is 0.556. The lowest BCUT2D eigenvalue weighted by atomic mass is 9.86. The Morgan fingerprint density at radius 2 is 1.88 bits per heavy atom. The molecule has 1 fully saturated rings. The number of amides is 3. The van der Waals surface area contributed by atoms with Crippen LogP contribution in [0.15, 0.2) is 24.3 Å². The van der Waals surface area contributed by atoms with Gasteiger partial charge in [-0.2, -0.15) is 0 Å². The number of methoxy groups -OCH3 is 1. The zero-order chi connectivity index (χ0) is 17.4. The summed E-state index contributed by atoms with van der Waals surface area (Å²) in [4.78, 5) is 23.8. The summed E-state index contributed by atoms with van der Waals surface area (Å²) in [6, 6.07) is 7.02. The molecule has 0 spiro atoms. The molecule has 0 aliphatic heterocycles. The van der Waals surface area contributed by atoms with E-state index in [2.05, 4.69) is 22.9 Å². The summed E-state index contributed by atoms with van der Waals surface area (Å²) in [6.07, 6.45) is 4.95. The number of urea groups is 1. The maximum absolute atomic E-state index is 12.0. The zero-order valence-corrected chi connectivity index (χ0v) is 14.4. The van der Waals surface area contributed by atoms with Crippen molar-refractivity contribution >= 4 is 17.6 Å². The van der Waals surface area contributed by atoms with Gasteiger partial charge < -0.3 is 20.7 Å². The van der Waals surface area contributed by atoms with Crippen LogP contribution in [0.5, 0.6) is 5.75 Å². The molecule has 1 saturated carbocycles. The summed E-state index contributed by atoms with van der Waals surface area (Å²) in [5, 5.41) is 8.50. The Balaban J connectivity index is 1.65. The van der Waals surface area contributed by atoms with Gasteiger partial charge in [0.05, 0.1) is 7.11 Å². The molecule has 132 valence electrons. The Kier molecular flexibility index (Phi) is 6.90. The highest BCUT2D eigenvalue weighted by Crippen LogP contribution is 2.23. The smallest absolute Gasteiger partial charge is 0.319 e. The van der Waals surface area contributed by atoms with Crippen molar-refractivity contribution in [3.05, 3.63) is 24.3 Å². The van der Waals surface area contributed by atoms with Crippen LogP contribution >= 0.6 is 0 Å². The third-order valence-corrected chi connectivity index (χ3v) is 4.44.